The van der Waals surface area contributed by atoms with Crippen LogP contribution in [0.25, 0.3) is 22.0 Å². The van der Waals surface area contributed by atoms with Crippen molar-refractivity contribution in [1.29, 1.82) is 0 Å². The molecule has 0 unspecified atom stereocenters. The van der Waals surface area contributed by atoms with E-state index >= 15 is 0 Å². The number of aliphatic hydroxyl groups is 1. The average molecular weight is 395 g/mol. The largest absolute Gasteiger partial charge is 0.491 e. The number of rotatable bonds is 6. The minimum atomic E-state index is -0.246. The van der Waals surface area contributed by atoms with Gasteiger partial charge in [0.25, 0.3) is 0 Å². The molecule has 0 amide bonds. The lowest BCUT2D eigenvalue weighted by atomic mass is 10.1. The van der Waals surface area contributed by atoms with Crippen LogP contribution >= 0.6 is 0 Å². The molecule has 1 N–H and O–H groups in total. The third kappa shape index (κ3) is 4.33. The van der Waals surface area contributed by atoms with Crippen molar-refractivity contribution in [1.82, 2.24) is 9.88 Å². The number of anilines is 1. The standard InChI is InChI=1S/C23H26FN3O2/c1-2-26-9-11-27(12-10-26)23-21-8-5-19(24)15-18(21)16-22(25-23)17-3-6-20(7-4-17)29-14-13-28/h3-8,15-16,28H,2,9-14H2,1H3. The smallest absolute Gasteiger partial charge is 0.137 e. The Balaban J connectivity index is 1.71. The van der Waals surface area contributed by atoms with Crippen LogP contribution in [0.5, 0.6) is 5.75 Å². The van der Waals surface area contributed by atoms with E-state index in [1.807, 2.05) is 36.4 Å². The molecule has 3 aromatic rings. The SMILES string of the molecule is CCN1CCN(c2nc(-c3ccc(OCCO)cc3)cc3cc(F)ccc23)CC1. The number of aliphatic hydroxyl groups excluding tert-OH is 1. The van der Waals surface area contributed by atoms with Gasteiger partial charge in [-0.05, 0) is 60.5 Å². The summed E-state index contributed by atoms with van der Waals surface area (Å²) in [5, 5.41) is 10.7. The van der Waals surface area contributed by atoms with Gasteiger partial charge in [0.15, 0.2) is 0 Å². The van der Waals surface area contributed by atoms with Crippen LogP contribution in [0.1, 0.15) is 6.92 Å². The molecule has 4 rings (SSSR count). The van der Waals surface area contributed by atoms with Crippen LogP contribution in [0.2, 0.25) is 0 Å². The van der Waals surface area contributed by atoms with Crippen LogP contribution in [-0.4, -0.2) is 60.9 Å². The van der Waals surface area contributed by atoms with Crippen molar-refractivity contribution in [3.8, 4) is 17.0 Å². The highest BCUT2D eigenvalue weighted by Crippen LogP contribution is 2.32. The predicted molar refractivity (Wildman–Crippen MR) is 114 cm³/mol. The second-order valence-corrected chi connectivity index (χ2v) is 7.21. The van der Waals surface area contributed by atoms with Crippen LogP contribution in [0.3, 0.4) is 0 Å². The zero-order valence-electron chi connectivity index (χ0n) is 16.6. The fourth-order valence-electron chi connectivity index (χ4n) is 3.76. The van der Waals surface area contributed by atoms with Gasteiger partial charge in [0.2, 0.25) is 0 Å². The number of ether oxygens (including phenoxy) is 1. The number of halogens is 1. The Labute approximate surface area is 170 Å². The van der Waals surface area contributed by atoms with Crippen molar-refractivity contribution in [2.75, 3.05) is 50.8 Å². The maximum Gasteiger partial charge on any atom is 0.137 e. The van der Waals surface area contributed by atoms with Gasteiger partial charge in [-0.25, -0.2) is 9.37 Å². The molecule has 1 fully saturated rings. The number of benzene rings is 2. The first-order valence-electron chi connectivity index (χ1n) is 10.1. The summed E-state index contributed by atoms with van der Waals surface area (Å²) in [5.74, 6) is 1.36. The van der Waals surface area contributed by atoms with Gasteiger partial charge in [0.1, 0.15) is 24.0 Å². The number of aromatic nitrogens is 1. The normalized spacial score (nSPS) is 15.1. The summed E-state index contributed by atoms with van der Waals surface area (Å²) in [4.78, 5) is 9.70. The molecule has 0 aliphatic carbocycles. The molecule has 1 aromatic heterocycles. The van der Waals surface area contributed by atoms with E-state index in [1.165, 1.54) is 6.07 Å². The van der Waals surface area contributed by atoms with Crippen molar-refractivity contribution in [2.45, 2.75) is 6.92 Å². The Bertz CT molecular complexity index is 970. The van der Waals surface area contributed by atoms with E-state index in [2.05, 4.69) is 16.7 Å². The Morgan fingerprint density at radius 1 is 1.03 bits per heavy atom. The van der Waals surface area contributed by atoms with E-state index < -0.39 is 0 Å². The molecule has 1 aliphatic heterocycles. The van der Waals surface area contributed by atoms with Gasteiger partial charge in [-0.3, -0.25) is 0 Å². The average Bonchev–Trinajstić information content (AvgIpc) is 2.77. The lowest BCUT2D eigenvalue weighted by Gasteiger charge is -2.35. The second-order valence-electron chi connectivity index (χ2n) is 7.21. The maximum atomic E-state index is 13.9. The molecule has 2 heterocycles. The minimum absolute atomic E-state index is 0.0196. The zero-order chi connectivity index (χ0) is 20.2. The van der Waals surface area contributed by atoms with Gasteiger partial charge in [-0.15, -0.1) is 0 Å². The molecule has 1 saturated heterocycles. The van der Waals surface area contributed by atoms with Gasteiger partial charge in [0.05, 0.1) is 12.3 Å². The highest BCUT2D eigenvalue weighted by Gasteiger charge is 2.20. The minimum Gasteiger partial charge on any atom is -0.491 e. The molecule has 2 aromatic carbocycles. The molecule has 0 atom stereocenters. The molecular formula is C23H26FN3O2. The number of fused-ring (bicyclic) bond motifs is 1. The van der Waals surface area contributed by atoms with Crippen LogP contribution < -0.4 is 9.64 Å². The molecule has 0 spiro atoms. The molecule has 0 bridgehead atoms. The molecule has 6 heteroatoms. The molecule has 0 radical (unpaired) electrons. The first-order valence-corrected chi connectivity index (χ1v) is 10.1. The quantitative estimate of drug-likeness (QED) is 0.692. The second kappa shape index (κ2) is 8.76. The monoisotopic (exact) mass is 395 g/mol. The van der Waals surface area contributed by atoms with Crippen molar-refractivity contribution >= 4 is 16.6 Å². The molecule has 29 heavy (non-hydrogen) atoms. The fraction of sp³-hybridized carbons (Fsp3) is 0.348. The van der Waals surface area contributed by atoms with E-state index in [-0.39, 0.29) is 19.0 Å². The van der Waals surface area contributed by atoms with E-state index in [4.69, 9.17) is 14.8 Å². The zero-order valence-corrected chi connectivity index (χ0v) is 16.6. The Hall–Kier alpha value is -2.70. The summed E-state index contributed by atoms with van der Waals surface area (Å²) in [5.41, 5.74) is 1.76. The van der Waals surface area contributed by atoms with Crippen molar-refractivity contribution in [3.05, 3.63) is 54.3 Å². The number of nitrogens with zero attached hydrogens (tertiary/aromatic N) is 3. The molecule has 152 valence electrons. The van der Waals surface area contributed by atoms with Gasteiger partial charge >= 0.3 is 0 Å². The van der Waals surface area contributed by atoms with Gasteiger partial charge in [-0.2, -0.15) is 0 Å². The van der Waals surface area contributed by atoms with E-state index in [0.717, 1.165) is 60.6 Å². The lowest BCUT2D eigenvalue weighted by molar-refractivity contribution is 0.201. The van der Waals surface area contributed by atoms with Gasteiger partial charge in [0, 0.05) is 37.1 Å². The van der Waals surface area contributed by atoms with Gasteiger partial charge in [-0.1, -0.05) is 6.92 Å². The molecule has 1 aliphatic rings. The summed E-state index contributed by atoms with van der Waals surface area (Å²) in [6.07, 6.45) is 0. The van der Waals surface area contributed by atoms with E-state index in [1.54, 1.807) is 6.07 Å². The van der Waals surface area contributed by atoms with Crippen LogP contribution in [0.4, 0.5) is 10.2 Å². The number of pyridine rings is 1. The third-order valence-corrected chi connectivity index (χ3v) is 5.40. The number of piperazine rings is 1. The topological polar surface area (TPSA) is 48.8 Å². The van der Waals surface area contributed by atoms with Gasteiger partial charge < -0.3 is 19.6 Å². The Morgan fingerprint density at radius 2 is 1.79 bits per heavy atom. The molecule has 0 saturated carbocycles. The first kappa shape index (κ1) is 19.6. The number of hydrogen-bond donors (Lipinski definition) is 1. The van der Waals surface area contributed by atoms with Crippen molar-refractivity contribution in [2.24, 2.45) is 0 Å². The summed E-state index contributed by atoms with van der Waals surface area (Å²) < 4.78 is 19.4. The lowest BCUT2D eigenvalue weighted by Crippen LogP contribution is -2.46. The highest BCUT2D eigenvalue weighted by molar-refractivity contribution is 5.95. The molecule has 5 nitrogen and oxygen atoms in total. The summed E-state index contributed by atoms with van der Waals surface area (Å²) in [7, 11) is 0. The summed E-state index contributed by atoms with van der Waals surface area (Å²) in [6.45, 7) is 7.30. The Kier molecular flexibility index (Phi) is 5.92. The number of likely N-dealkylation sites (N-methyl/N-ethyl adjacent to an activating group) is 1. The first-order chi connectivity index (χ1) is 14.2. The number of hydrogen-bond acceptors (Lipinski definition) is 5. The van der Waals surface area contributed by atoms with E-state index in [0.29, 0.717) is 5.75 Å². The van der Waals surface area contributed by atoms with Crippen LogP contribution in [-0.2, 0) is 0 Å². The highest BCUT2D eigenvalue weighted by atomic mass is 19.1. The van der Waals surface area contributed by atoms with Crippen molar-refractivity contribution < 1.29 is 14.2 Å². The Morgan fingerprint density at radius 3 is 2.48 bits per heavy atom. The third-order valence-electron chi connectivity index (χ3n) is 5.40. The summed E-state index contributed by atoms with van der Waals surface area (Å²) in [6, 6.07) is 14.5. The predicted octanol–water partition coefficient (Wildman–Crippen LogP) is 3.55. The van der Waals surface area contributed by atoms with E-state index in [9.17, 15) is 4.39 Å². The summed E-state index contributed by atoms with van der Waals surface area (Å²) >= 11 is 0. The van der Waals surface area contributed by atoms with Crippen LogP contribution in [0.15, 0.2) is 48.5 Å². The van der Waals surface area contributed by atoms with Crippen LogP contribution in [0, 0.1) is 5.82 Å². The van der Waals surface area contributed by atoms with Crippen molar-refractivity contribution in [3.63, 3.8) is 0 Å². The fourth-order valence-corrected chi connectivity index (χ4v) is 3.76. The molecular weight excluding hydrogens is 369 g/mol. The maximum absolute atomic E-state index is 13.9.